The molecule has 2 N–H and O–H groups in total. The van der Waals surface area contributed by atoms with Crippen LogP contribution in [0.15, 0.2) is 65.6 Å². The summed E-state index contributed by atoms with van der Waals surface area (Å²) < 4.78 is 44.2. The highest BCUT2D eigenvalue weighted by molar-refractivity contribution is 7.92. The lowest BCUT2D eigenvalue weighted by Crippen LogP contribution is -2.16. The smallest absolute Gasteiger partial charge is 0.262 e. The molecule has 3 aromatic rings. The molecule has 0 bridgehead atoms. The van der Waals surface area contributed by atoms with Crippen LogP contribution in [0.1, 0.15) is 10.4 Å². The van der Waals surface area contributed by atoms with Crippen molar-refractivity contribution >= 4 is 38.9 Å². The van der Waals surface area contributed by atoms with E-state index in [1.54, 1.807) is 30.3 Å². The second-order valence-electron chi connectivity index (χ2n) is 6.47. The van der Waals surface area contributed by atoms with Gasteiger partial charge in [-0.2, -0.15) is 0 Å². The molecular formula is C22H21ClN2O6S. The summed E-state index contributed by atoms with van der Waals surface area (Å²) in [5, 5.41) is 2.95. The molecule has 0 aromatic heterocycles. The van der Waals surface area contributed by atoms with Gasteiger partial charge >= 0.3 is 0 Å². The van der Waals surface area contributed by atoms with Crippen molar-refractivity contribution in [2.75, 3.05) is 31.4 Å². The SMILES string of the molecule is COc1cc(NS(=O)(=O)c2ccc(OC)c(NC(=O)c3ccccc3)c2)c(OC)cc1Cl. The van der Waals surface area contributed by atoms with Gasteiger partial charge in [0.15, 0.2) is 0 Å². The number of methoxy groups -OCH3 is 3. The maximum absolute atomic E-state index is 13.1. The lowest BCUT2D eigenvalue weighted by Gasteiger charge is -2.16. The highest BCUT2D eigenvalue weighted by atomic mass is 35.5. The van der Waals surface area contributed by atoms with Crippen LogP contribution in [0.2, 0.25) is 5.02 Å². The van der Waals surface area contributed by atoms with Crippen molar-refractivity contribution in [2.24, 2.45) is 0 Å². The van der Waals surface area contributed by atoms with E-state index in [4.69, 9.17) is 25.8 Å². The van der Waals surface area contributed by atoms with E-state index in [2.05, 4.69) is 10.0 Å². The Bertz CT molecular complexity index is 1230. The van der Waals surface area contributed by atoms with Gasteiger partial charge in [-0.3, -0.25) is 9.52 Å². The maximum Gasteiger partial charge on any atom is 0.262 e. The highest BCUT2D eigenvalue weighted by Crippen LogP contribution is 2.37. The first kappa shape index (κ1) is 23.2. The van der Waals surface area contributed by atoms with Crippen LogP contribution in [0, 0.1) is 0 Å². The summed E-state index contributed by atoms with van der Waals surface area (Å²) in [6.45, 7) is 0. The molecule has 168 valence electrons. The van der Waals surface area contributed by atoms with E-state index < -0.39 is 15.9 Å². The molecule has 0 aliphatic heterocycles. The first-order valence-electron chi connectivity index (χ1n) is 9.28. The van der Waals surface area contributed by atoms with Gasteiger partial charge in [-0.1, -0.05) is 29.8 Å². The summed E-state index contributed by atoms with van der Waals surface area (Å²) in [7, 11) is 0.158. The molecule has 0 aliphatic rings. The molecule has 0 fully saturated rings. The third-order valence-corrected chi connectivity index (χ3v) is 6.14. The summed E-state index contributed by atoms with van der Waals surface area (Å²) in [6.07, 6.45) is 0. The third-order valence-electron chi connectivity index (χ3n) is 4.48. The largest absolute Gasteiger partial charge is 0.495 e. The Hall–Kier alpha value is -3.43. The molecule has 0 radical (unpaired) electrons. The average molecular weight is 477 g/mol. The van der Waals surface area contributed by atoms with E-state index in [9.17, 15) is 13.2 Å². The standard InChI is InChI=1S/C22H21ClN2O6S/c1-29-19-10-9-15(11-17(19)24-22(26)14-7-5-4-6-8-14)32(27,28)25-18-13-20(30-2)16(23)12-21(18)31-3/h4-13,25H,1-3H3,(H,24,26). The number of benzene rings is 3. The number of ether oxygens (including phenoxy) is 3. The Morgan fingerprint density at radius 1 is 0.812 bits per heavy atom. The second-order valence-corrected chi connectivity index (χ2v) is 8.56. The number of carbonyl (C=O) groups excluding carboxylic acids is 1. The fourth-order valence-electron chi connectivity index (χ4n) is 2.88. The zero-order chi connectivity index (χ0) is 23.3. The number of hydrogen-bond acceptors (Lipinski definition) is 6. The van der Waals surface area contributed by atoms with Crippen LogP contribution in [-0.4, -0.2) is 35.7 Å². The molecule has 0 atom stereocenters. The zero-order valence-electron chi connectivity index (χ0n) is 17.5. The predicted molar refractivity (Wildman–Crippen MR) is 123 cm³/mol. The fourth-order valence-corrected chi connectivity index (χ4v) is 4.20. The molecule has 10 heteroatoms. The van der Waals surface area contributed by atoms with Gasteiger partial charge in [0.25, 0.3) is 15.9 Å². The van der Waals surface area contributed by atoms with E-state index in [1.807, 2.05) is 0 Å². The lowest BCUT2D eigenvalue weighted by molar-refractivity contribution is 0.102. The number of carbonyl (C=O) groups is 1. The minimum atomic E-state index is -4.07. The van der Waals surface area contributed by atoms with Crippen LogP contribution in [-0.2, 0) is 10.0 Å². The van der Waals surface area contributed by atoms with Crippen LogP contribution in [0.25, 0.3) is 0 Å². The van der Waals surface area contributed by atoms with Crippen LogP contribution in [0.3, 0.4) is 0 Å². The van der Waals surface area contributed by atoms with Crippen LogP contribution in [0.5, 0.6) is 17.2 Å². The topological polar surface area (TPSA) is 103 Å². The van der Waals surface area contributed by atoms with Gasteiger partial charge in [-0.25, -0.2) is 8.42 Å². The quantitative estimate of drug-likeness (QED) is 0.499. The molecule has 0 spiro atoms. The van der Waals surface area contributed by atoms with E-state index in [0.29, 0.717) is 11.3 Å². The minimum Gasteiger partial charge on any atom is -0.495 e. The Morgan fingerprint density at radius 3 is 2.09 bits per heavy atom. The molecule has 8 nitrogen and oxygen atoms in total. The van der Waals surface area contributed by atoms with E-state index in [-0.39, 0.29) is 32.8 Å². The molecule has 0 aliphatic carbocycles. The Kier molecular flexibility index (Phi) is 7.12. The zero-order valence-corrected chi connectivity index (χ0v) is 19.1. The normalized spacial score (nSPS) is 10.9. The Labute approximate surface area is 191 Å². The van der Waals surface area contributed by atoms with E-state index >= 15 is 0 Å². The monoisotopic (exact) mass is 476 g/mol. The van der Waals surface area contributed by atoms with Crippen molar-refractivity contribution in [3.05, 3.63) is 71.2 Å². The number of hydrogen-bond donors (Lipinski definition) is 2. The average Bonchev–Trinajstić information content (AvgIpc) is 2.80. The van der Waals surface area contributed by atoms with Crippen molar-refractivity contribution in [1.82, 2.24) is 0 Å². The van der Waals surface area contributed by atoms with Crippen molar-refractivity contribution in [3.8, 4) is 17.2 Å². The number of rotatable bonds is 8. The second kappa shape index (κ2) is 9.80. The van der Waals surface area contributed by atoms with Gasteiger partial charge in [0, 0.05) is 17.7 Å². The van der Waals surface area contributed by atoms with Gasteiger partial charge in [0.1, 0.15) is 17.2 Å². The van der Waals surface area contributed by atoms with Gasteiger partial charge in [-0.15, -0.1) is 0 Å². The van der Waals surface area contributed by atoms with Crippen molar-refractivity contribution in [1.29, 1.82) is 0 Å². The number of nitrogens with one attached hydrogen (secondary N) is 2. The van der Waals surface area contributed by atoms with Crippen LogP contribution in [0.4, 0.5) is 11.4 Å². The van der Waals surface area contributed by atoms with Crippen molar-refractivity contribution in [3.63, 3.8) is 0 Å². The third kappa shape index (κ3) is 5.06. The van der Waals surface area contributed by atoms with Gasteiger partial charge in [0.05, 0.1) is 42.6 Å². The van der Waals surface area contributed by atoms with E-state index in [1.165, 1.54) is 51.7 Å². The molecule has 0 saturated heterocycles. The molecule has 32 heavy (non-hydrogen) atoms. The summed E-state index contributed by atoms with van der Waals surface area (Å²) in [5.74, 6) is 0.385. The number of sulfonamides is 1. The summed E-state index contributed by atoms with van der Waals surface area (Å²) >= 11 is 6.09. The van der Waals surface area contributed by atoms with Crippen molar-refractivity contribution in [2.45, 2.75) is 4.90 Å². The summed E-state index contributed by atoms with van der Waals surface area (Å²) in [5.41, 5.74) is 0.753. The number of amides is 1. The Balaban J connectivity index is 1.95. The molecule has 3 rings (SSSR count). The number of halogens is 1. The minimum absolute atomic E-state index is 0.0994. The molecule has 1 amide bonds. The fraction of sp³-hybridized carbons (Fsp3) is 0.136. The molecule has 0 heterocycles. The first-order valence-corrected chi connectivity index (χ1v) is 11.1. The molecule has 3 aromatic carbocycles. The molecule has 0 saturated carbocycles. The highest BCUT2D eigenvalue weighted by Gasteiger charge is 2.21. The predicted octanol–water partition coefficient (Wildman–Crippen LogP) is 4.42. The van der Waals surface area contributed by atoms with Crippen LogP contribution >= 0.6 is 11.6 Å². The van der Waals surface area contributed by atoms with Gasteiger partial charge < -0.3 is 19.5 Å². The Morgan fingerprint density at radius 2 is 1.47 bits per heavy atom. The van der Waals surface area contributed by atoms with Crippen molar-refractivity contribution < 1.29 is 27.4 Å². The first-order chi connectivity index (χ1) is 15.3. The maximum atomic E-state index is 13.1. The van der Waals surface area contributed by atoms with Gasteiger partial charge in [-0.05, 0) is 30.3 Å². The van der Waals surface area contributed by atoms with Crippen LogP contribution < -0.4 is 24.2 Å². The summed E-state index contributed by atoms with van der Waals surface area (Å²) in [4.78, 5) is 12.4. The van der Waals surface area contributed by atoms with Gasteiger partial charge in [0.2, 0.25) is 0 Å². The molecular weight excluding hydrogens is 456 g/mol. The number of anilines is 2. The lowest BCUT2D eigenvalue weighted by atomic mass is 10.2. The van der Waals surface area contributed by atoms with E-state index in [0.717, 1.165) is 0 Å². The molecule has 0 unspecified atom stereocenters. The summed E-state index contributed by atoms with van der Waals surface area (Å²) in [6, 6.07) is 15.5.